The van der Waals surface area contributed by atoms with Gasteiger partial charge < -0.3 is 0 Å². The molecule has 1 aromatic heterocycles. The number of hydrogen-bond donors (Lipinski definition) is 0. The van der Waals surface area contributed by atoms with E-state index < -0.39 is 0 Å². The molecule has 0 aliphatic carbocycles. The lowest BCUT2D eigenvalue weighted by atomic mass is 10.0. The van der Waals surface area contributed by atoms with E-state index in [-0.39, 0.29) is 5.78 Å². The second-order valence-corrected chi connectivity index (χ2v) is 6.05. The average Bonchev–Trinajstić information content (AvgIpc) is 2.61. The number of thiophene rings is 1. The van der Waals surface area contributed by atoms with Crippen molar-refractivity contribution in [1.82, 2.24) is 0 Å². The smallest absolute Gasteiger partial charge is 0.169 e. The summed E-state index contributed by atoms with van der Waals surface area (Å²) in [5, 5.41) is 0. The van der Waals surface area contributed by atoms with Crippen molar-refractivity contribution in [2.75, 3.05) is 0 Å². The number of rotatable bonds is 3. The third-order valence-electron chi connectivity index (χ3n) is 2.57. The fourth-order valence-corrected chi connectivity index (χ4v) is 3.11. The predicted octanol–water partition coefficient (Wildman–Crippen LogP) is 4.79. The minimum absolute atomic E-state index is 0.00690. The molecule has 0 aliphatic heterocycles. The SMILES string of the molecule is Cc1ccccc1CC(=O)c1cc(Cl)sc1Cl. The van der Waals surface area contributed by atoms with E-state index in [9.17, 15) is 4.79 Å². The summed E-state index contributed by atoms with van der Waals surface area (Å²) in [5.74, 6) is 0.00690. The first-order valence-corrected chi connectivity index (χ1v) is 6.67. The molecule has 88 valence electrons. The van der Waals surface area contributed by atoms with Crippen LogP contribution in [0.15, 0.2) is 30.3 Å². The fourth-order valence-electron chi connectivity index (χ4n) is 1.61. The Kier molecular flexibility index (Phi) is 3.87. The monoisotopic (exact) mass is 284 g/mol. The molecule has 0 atom stereocenters. The summed E-state index contributed by atoms with van der Waals surface area (Å²) in [5.41, 5.74) is 2.65. The van der Waals surface area contributed by atoms with Crippen LogP contribution in [-0.4, -0.2) is 5.78 Å². The van der Waals surface area contributed by atoms with Crippen LogP contribution in [0.1, 0.15) is 21.5 Å². The van der Waals surface area contributed by atoms with Crippen molar-refractivity contribution in [2.24, 2.45) is 0 Å². The molecule has 4 heteroatoms. The number of carbonyl (C=O) groups is 1. The predicted molar refractivity (Wildman–Crippen MR) is 73.6 cm³/mol. The molecule has 1 aromatic carbocycles. The number of ketones is 1. The number of benzene rings is 1. The molecule has 0 bridgehead atoms. The molecular weight excluding hydrogens is 275 g/mol. The topological polar surface area (TPSA) is 17.1 Å². The van der Waals surface area contributed by atoms with E-state index >= 15 is 0 Å². The standard InChI is InChI=1S/C13H10Cl2OS/c1-8-4-2-3-5-9(8)6-11(16)10-7-12(14)17-13(10)15/h2-5,7H,6H2,1H3. The Morgan fingerprint density at radius 1 is 1.29 bits per heavy atom. The molecule has 2 rings (SSSR count). The lowest BCUT2D eigenvalue weighted by Crippen LogP contribution is -2.03. The maximum Gasteiger partial charge on any atom is 0.169 e. The minimum atomic E-state index is 0.00690. The number of Topliss-reactive ketones (excluding diaryl/α,β-unsaturated/α-hetero) is 1. The zero-order valence-corrected chi connectivity index (χ0v) is 11.5. The van der Waals surface area contributed by atoms with Gasteiger partial charge in [-0.25, -0.2) is 0 Å². The first-order chi connectivity index (χ1) is 8.08. The highest BCUT2D eigenvalue weighted by Gasteiger charge is 2.15. The van der Waals surface area contributed by atoms with E-state index in [1.807, 2.05) is 31.2 Å². The molecule has 17 heavy (non-hydrogen) atoms. The molecule has 0 N–H and O–H groups in total. The summed E-state index contributed by atoms with van der Waals surface area (Å²) >= 11 is 13.0. The van der Waals surface area contributed by atoms with Crippen molar-refractivity contribution in [1.29, 1.82) is 0 Å². The molecule has 0 amide bonds. The molecule has 0 unspecified atom stereocenters. The van der Waals surface area contributed by atoms with Gasteiger partial charge in [0, 0.05) is 12.0 Å². The Hall–Kier alpha value is -0.830. The highest BCUT2D eigenvalue weighted by molar-refractivity contribution is 7.20. The van der Waals surface area contributed by atoms with Crippen LogP contribution >= 0.6 is 34.5 Å². The molecule has 0 spiro atoms. The summed E-state index contributed by atoms with van der Waals surface area (Å²) < 4.78 is 1.01. The number of carbonyl (C=O) groups excluding carboxylic acids is 1. The minimum Gasteiger partial charge on any atom is -0.294 e. The number of aryl methyl sites for hydroxylation is 1. The van der Waals surface area contributed by atoms with Crippen LogP contribution in [0.4, 0.5) is 0 Å². The first kappa shape index (κ1) is 12.6. The molecular formula is C13H10Cl2OS. The van der Waals surface area contributed by atoms with Gasteiger partial charge in [0.2, 0.25) is 0 Å². The molecule has 0 saturated carbocycles. The third-order valence-corrected chi connectivity index (χ3v) is 4.06. The summed E-state index contributed by atoms with van der Waals surface area (Å²) in [6.45, 7) is 1.99. The molecule has 0 saturated heterocycles. The van der Waals surface area contributed by atoms with E-state index in [0.29, 0.717) is 20.7 Å². The maximum absolute atomic E-state index is 12.1. The lowest BCUT2D eigenvalue weighted by Gasteiger charge is -2.03. The van der Waals surface area contributed by atoms with Crippen molar-refractivity contribution in [3.05, 3.63) is 55.7 Å². The van der Waals surface area contributed by atoms with Crippen molar-refractivity contribution in [2.45, 2.75) is 13.3 Å². The molecule has 1 heterocycles. The second kappa shape index (κ2) is 5.21. The second-order valence-electron chi connectivity index (χ2n) is 3.76. The van der Waals surface area contributed by atoms with Crippen LogP contribution in [0.25, 0.3) is 0 Å². The van der Waals surface area contributed by atoms with Crippen molar-refractivity contribution in [3.63, 3.8) is 0 Å². The summed E-state index contributed by atoms with van der Waals surface area (Å²) in [4.78, 5) is 12.1. The van der Waals surface area contributed by atoms with Gasteiger partial charge in [0.25, 0.3) is 0 Å². The Balaban J connectivity index is 2.23. The summed E-state index contributed by atoms with van der Waals surface area (Å²) in [6.07, 6.45) is 0.361. The van der Waals surface area contributed by atoms with Gasteiger partial charge in [-0.3, -0.25) is 4.79 Å². The lowest BCUT2D eigenvalue weighted by molar-refractivity contribution is 0.0993. The highest BCUT2D eigenvalue weighted by Crippen LogP contribution is 2.32. The van der Waals surface area contributed by atoms with Crippen LogP contribution in [0.2, 0.25) is 8.67 Å². The first-order valence-electron chi connectivity index (χ1n) is 5.10. The van der Waals surface area contributed by atoms with Gasteiger partial charge in [0.05, 0.1) is 4.34 Å². The van der Waals surface area contributed by atoms with E-state index in [2.05, 4.69) is 0 Å². The summed E-state index contributed by atoms with van der Waals surface area (Å²) in [6, 6.07) is 9.46. The Bertz CT molecular complexity index is 560. The highest BCUT2D eigenvalue weighted by atomic mass is 35.5. The largest absolute Gasteiger partial charge is 0.294 e. The van der Waals surface area contributed by atoms with Gasteiger partial charge in [-0.05, 0) is 24.1 Å². The van der Waals surface area contributed by atoms with Gasteiger partial charge in [0.1, 0.15) is 4.34 Å². The zero-order valence-electron chi connectivity index (χ0n) is 9.17. The maximum atomic E-state index is 12.1. The van der Waals surface area contributed by atoms with Gasteiger partial charge in [-0.1, -0.05) is 47.5 Å². The summed E-state index contributed by atoms with van der Waals surface area (Å²) in [7, 11) is 0. The number of halogens is 2. The average molecular weight is 285 g/mol. The molecule has 2 aromatic rings. The van der Waals surface area contributed by atoms with Gasteiger partial charge in [-0.15, -0.1) is 11.3 Å². The molecule has 0 aliphatic rings. The molecule has 1 nitrogen and oxygen atoms in total. The van der Waals surface area contributed by atoms with Crippen LogP contribution in [0.5, 0.6) is 0 Å². The van der Waals surface area contributed by atoms with E-state index in [1.54, 1.807) is 6.07 Å². The third kappa shape index (κ3) is 2.89. The Morgan fingerprint density at radius 3 is 2.59 bits per heavy atom. The Morgan fingerprint density at radius 2 is 2.00 bits per heavy atom. The van der Waals surface area contributed by atoms with Crippen LogP contribution in [0.3, 0.4) is 0 Å². The zero-order chi connectivity index (χ0) is 12.4. The molecule has 0 fully saturated rings. The number of hydrogen-bond acceptors (Lipinski definition) is 2. The van der Waals surface area contributed by atoms with Crippen molar-refractivity contribution < 1.29 is 4.79 Å². The van der Waals surface area contributed by atoms with Gasteiger partial charge in [-0.2, -0.15) is 0 Å². The van der Waals surface area contributed by atoms with Gasteiger partial charge in [0.15, 0.2) is 5.78 Å². The van der Waals surface area contributed by atoms with Crippen LogP contribution in [0, 0.1) is 6.92 Å². The van der Waals surface area contributed by atoms with Crippen LogP contribution < -0.4 is 0 Å². The normalized spacial score (nSPS) is 10.5. The fraction of sp³-hybridized carbons (Fsp3) is 0.154. The quantitative estimate of drug-likeness (QED) is 0.741. The Labute approximate surface area is 114 Å². The van der Waals surface area contributed by atoms with E-state index in [0.717, 1.165) is 11.1 Å². The van der Waals surface area contributed by atoms with Crippen molar-refractivity contribution >= 4 is 40.3 Å². The molecule has 0 radical (unpaired) electrons. The van der Waals surface area contributed by atoms with E-state index in [1.165, 1.54) is 11.3 Å². The van der Waals surface area contributed by atoms with Crippen molar-refractivity contribution in [3.8, 4) is 0 Å². The van der Waals surface area contributed by atoms with E-state index in [4.69, 9.17) is 23.2 Å². The van der Waals surface area contributed by atoms with Crippen LogP contribution in [-0.2, 0) is 6.42 Å². The van der Waals surface area contributed by atoms with Gasteiger partial charge >= 0.3 is 0 Å².